The number of hydrogen-bond acceptors (Lipinski definition) is 4. The van der Waals surface area contributed by atoms with Crippen LogP contribution in [0.5, 0.6) is 0 Å². The van der Waals surface area contributed by atoms with E-state index < -0.39 is 5.41 Å². The van der Waals surface area contributed by atoms with E-state index in [-0.39, 0.29) is 24.3 Å². The van der Waals surface area contributed by atoms with E-state index in [1.54, 1.807) is 14.2 Å². The van der Waals surface area contributed by atoms with Gasteiger partial charge in [0.2, 0.25) is 11.8 Å². The van der Waals surface area contributed by atoms with Gasteiger partial charge in [-0.1, -0.05) is 18.2 Å². The summed E-state index contributed by atoms with van der Waals surface area (Å²) in [6.07, 6.45) is 3.73. The Morgan fingerprint density at radius 2 is 1.96 bits per heavy atom. The summed E-state index contributed by atoms with van der Waals surface area (Å²) in [5.41, 5.74) is 1.03. The first-order valence-corrected chi connectivity index (χ1v) is 8.91. The van der Waals surface area contributed by atoms with Gasteiger partial charge in [-0.15, -0.1) is 0 Å². The molecule has 0 atom stereocenters. The molecule has 0 bridgehead atoms. The monoisotopic (exact) mass is 350 g/mol. The number of para-hydroxylation sites is 1. The predicted octanol–water partition coefficient (Wildman–Crippen LogP) is 2.42. The highest BCUT2D eigenvalue weighted by Gasteiger charge is 2.41. The number of carbonyl (C=O) groups excluding carboxylic acids is 2. The molecule has 1 aliphatic carbocycles. The van der Waals surface area contributed by atoms with Crippen molar-refractivity contribution in [1.29, 1.82) is 0 Å². The fourth-order valence-corrected chi connectivity index (χ4v) is 3.61. The van der Waals surface area contributed by atoms with Crippen molar-refractivity contribution in [1.82, 2.24) is 5.32 Å². The Bertz CT molecular complexity index is 583. The van der Waals surface area contributed by atoms with Crippen LogP contribution >= 0.6 is 12.6 Å². The largest absolute Gasteiger partial charge is 0.381 e. The molecule has 5 nitrogen and oxygen atoms in total. The first kappa shape index (κ1) is 18.8. The second kappa shape index (κ2) is 8.53. The number of benzene rings is 1. The lowest BCUT2D eigenvalue weighted by Gasteiger charge is -2.37. The summed E-state index contributed by atoms with van der Waals surface area (Å²) in [7, 11) is 3.32. The minimum absolute atomic E-state index is 0.0172. The third kappa shape index (κ3) is 4.30. The molecule has 1 aliphatic rings. The van der Waals surface area contributed by atoms with Gasteiger partial charge in [0.25, 0.3) is 0 Å². The van der Waals surface area contributed by atoms with Crippen LogP contribution in [0.3, 0.4) is 0 Å². The average Bonchev–Trinajstić information content (AvgIpc) is 2.63. The van der Waals surface area contributed by atoms with Gasteiger partial charge in [-0.3, -0.25) is 9.59 Å². The minimum Gasteiger partial charge on any atom is -0.381 e. The number of thiol groups is 1. The first-order chi connectivity index (χ1) is 11.5. The minimum atomic E-state index is -0.474. The number of amides is 2. The van der Waals surface area contributed by atoms with E-state index in [0.717, 1.165) is 31.2 Å². The lowest BCUT2D eigenvalue weighted by atomic mass is 9.73. The molecule has 2 N–H and O–H groups in total. The molecule has 1 aromatic rings. The van der Waals surface area contributed by atoms with Gasteiger partial charge in [0.1, 0.15) is 0 Å². The standard InChI is InChI=1S/C18H26N2O3S/c1-19-16(21)11-13-5-3-4-6-15(13)20-17(22)18(12-24)9-7-14(23-2)8-10-18/h3-6,14,24H,7-12H2,1-2H3,(H,19,21)(H,20,22). The average molecular weight is 350 g/mol. The Morgan fingerprint density at radius 3 is 2.54 bits per heavy atom. The van der Waals surface area contributed by atoms with Crippen molar-refractivity contribution in [2.75, 3.05) is 25.2 Å². The molecule has 0 heterocycles. The molecular weight excluding hydrogens is 324 g/mol. The Labute approximate surface area is 148 Å². The summed E-state index contributed by atoms with van der Waals surface area (Å²) in [4.78, 5) is 24.6. The normalized spacial score (nSPS) is 23.5. The van der Waals surface area contributed by atoms with E-state index in [4.69, 9.17) is 4.74 Å². The quantitative estimate of drug-likeness (QED) is 0.690. The maximum absolute atomic E-state index is 12.9. The number of carbonyl (C=O) groups is 2. The SMILES string of the molecule is CNC(=O)Cc1ccccc1NC(=O)C1(CS)CCC(OC)CC1. The fraction of sp³-hybridized carbons (Fsp3) is 0.556. The second-order valence-electron chi connectivity index (χ2n) is 6.33. The molecule has 0 spiro atoms. The maximum atomic E-state index is 12.9. The molecule has 1 aromatic carbocycles. The molecule has 132 valence electrons. The molecule has 0 aromatic heterocycles. The van der Waals surface area contributed by atoms with Crippen LogP contribution in [0.2, 0.25) is 0 Å². The number of hydrogen-bond donors (Lipinski definition) is 3. The van der Waals surface area contributed by atoms with Gasteiger partial charge in [-0.05, 0) is 37.3 Å². The molecule has 1 saturated carbocycles. The van der Waals surface area contributed by atoms with Crippen molar-refractivity contribution >= 4 is 30.1 Å². The zero-order chi connectivity index (χ0) is 17.6. The van der Waals surface area contributed by atoms with Gasteiger partial charge in [0.05, 0.1) is 17.9 Å². The fourth-order valence-electron chi connectivity index (χ4n) is 3.15. The smallest absolute Gasteiger partial charge is 0.231 e. The zero-order valence-electron chi connectivity index (χ0n) is 14.3. The summed E-state index contributed by atoms with van der Waals surface area (Å²) in [6.45, 7) is 0. The number of likely N-dealkylation sites (N-methyl/N-ethyl adjacent to an activating group) is 1. The van der Waals surface area contributed by atoms with Gasteiger partial charge in [-0.25, -0.2) is 0 Å². The molecule has 0 aliphatic heterocycles. The number of ether oxygens (including phenoxy) is 1. The lowest BCUT2D eigenvalue weighted by molar-refractivity contribution is -0.127. The third-order valence-corrected chi connectivity index (χ3v) is 5.51. The number of methoxy groups -OCH3 is 1. The highest BCUT2D eigenvalue weighted by atomic mass is 32.1. The van der Waals surface area contributed by atoms with Crippen molar-refractivity contribution in [3.63, 3.8) is 0 Å². The van der Waals surface area contributed by atoms with Crippen LogP contribution in [0.4, 0.5) is 5.69 Å². The number of nitrogens with one attached hydrogen (secondary N) is 2. The zero-order valence-corrected chi connectivity index (χ0v) is 15.2. The van der Waals surface area contributed by atoms with E-state index in [2.05, 4.69) is 23.3 Å². The molecule has 1 fully saturated rings. The van der Waals surface area contributed by atoms with E-state index >= 15 is 0 Å². The Balaban J connectivity index is 2.12. The van der Waals surface area contributed by atoms with Crippen molar-refractivity contribution in [3.05, 3.63) is 29.8 Å². The van der Waals surface area contributed by atoms with Gasteiger partial charge in [-0.2, -0.15) is 12.6 Å². The molecule has 24 heavy (non-hydrogen) atoms. The van der Waals surface area contributed by atoms with E-state index in [0.29, 0.717) is 11.4 Å². The molecule has 0 radical (unpaired) electrons. The van der Waals surface area contributed by atoms with Crippen LogP contribution in [0.25, 0.3) is 0 Å². The summed E-state index contributed by atoms with van der Waals surface area (Å²) in [5, 5.41) is 5.64. The maximum Gasteiger partial charge on any atom is 0.231 e. The van der Waals surface area contributed by atoms with Crippen LogP contribution < -0.4 is 10.6 Å². The van der Waals surface area contributed by atoms with E-state index in [1.807, 2.05) is 24.3 Å². The predicted molar refractivity (Wildman–Crippen MR) is 98.4 cm³/mol. The van der Waals surface area contributed by atoms with Crippen molar-refractivity contribution in [2.24, 2.45) is 5.41 Å². The summed E-state index contributed by atoms with van der Waals surface area (Å²) in [5.74, 6) is 0.407. The van der Waals surface area contributed by atoms with E-state index in [9.17, 15) is 9.59 Å². The molecule has 2 amide bonds. The van der Waals surface area contributed by atoms with Crippen molar-refractivity contribution < 1.29 is 14.3 Å². The number of anilines is 1. The molecule has 2 rings (SSSR count). The molecular formula is C18H26N2O3S. The number of rotatable bonds is 6. The first-order valence-electron chi connectivity index (χ1n) is 8.28. The van der Waals surface area contributed by atoms with Crippen LogP contribution in [-0.4, -0.2) is 37.8 Å². The third-order valence-electron chi connectivity index (χ3n) is 4.90. The van der Waals surface area contributed by atoms with Crippen molar-refractivity contribution in [3.8, 4) is 0 Å². The van der Waals surface area contributed by atoms with Gasteiger partial charge >= 0.3 is 0 Å². The van der Waals surface area contributed by atoms with Crippen LogP contribution in [0, 0.1) is 5.41 Å². The van der Waals surface area contributed by atoms with Crippen molar-refractivity contribution in [2.45, 2.75) is 38.2 Å². The highest BCUT2D eigenvalue weighted by molar-refractivity contribution is 7.80. The van der Waals surface area contributed by atoms with E-state index in [1.165, 1.54) is 0 Å². The second-order valence-corrected chi connectivity index (χ2v) is 6.65. The highest BCUT2D eigenvalue weighted by Crippen LogP contribution is 2.39. The Hall–Kier alpha value is -1.53. The molecule has 0 saturated heterocycles. The summed E-state index contributed by atoms with van der Waals surface area (Å²) < 4.78 is 5.40. The summed E-state index contributed by atoms with van der Waals surface area (Å²) >= 11 is 4.44. The Kier molecular flexibility index (Phi) is 6.69. The lowest BCUT2D eigenvalue weighted by Crippen LogP contribution is -2.42. The Morgan fingerprint density at radius 1 is 1.29 bits per heavy atom. The summed E-state index contributed by atoms with van der Waals surface area (Å²) in [6, 6.07) is 7.42. The van der Waals surface area contributed by atoms with Gasteiger partial charge in [0, 0.05) is 25.6 Å². The topological polar surface area (TPSA) is 67.4 Å². The van der Waals surface area contributed by atoms with Crippen LogP contribution in [-0.2, 0) is 20.7 Å². The molecule has 0 unspecified atom stereocenters. The van der Waals surface area contributed by atoms with Gasteiger partial charge < -0.3 is 15.4 Å². The van der Waals surface area contributed by atoms with Crippen LogP contribution in [0.15, 0.2) is 24.3 Å². The molecule has 6 heteroatoms. The van der Waals surface area contributed by atoms with Crippen LogP contribution in [0.1, 0.15) is 31.2 Å². The van der Waals surface area contributed by atoms with Gasteiger partial charge in [0.15, 0.2) is 0 Å².